The van der Waals surface area contributed by atoms with Crippen molar-refractivity contribution in [3.05, 3.63) is 0 Å². The third-order valence-corrected chi connectivity index (χ3v) is 5.57. The van der Waals surface area contributed by atoms with Gasteiger partial charge < -0.3 is 5.73 Å². The van der Waals surface area contributed by atoms with E-state index < -0.39 is 0 Å². The van der Waals surface area contributed by atoms with Gasteiger partial charge in [0.05, 0.1) is 0 Å². The summed E-state index contributed by atoms with van der Waals surface area (Å²) in [5.41, 5.74) is 7.08. The molecule has 17 heavy (non-hydrogen) atoms. The van der Waals surface area contributed by atoms with Gasteiger partial charge in [-0.2, -0.15) is 0 Å². The van der Waals surface area contributed by atoms with E-state index in [0.29, 0.717) is 16.9 Å². The summed E-state index contributed by atoms with van der Waals surface area (Å²) in [6, 6.07) is 0.447. The van der Waals surface area contributed by atoms with Crippen molar-refractivity contribution < 1.29 is 0 Å². The molecule has 2 N–H and O–H groups in total. The van der Waals surface area contributed by atoms with Crippen LogP contribution in [-0.4, -0.2) is 6.04 Å². The van der Waals surface area contributed by atoms with E-state index in [1.807, 2.05) is 0 Å². The Balaban J connectivity index is 2.78. The first-order chi connectivity index (χ1) is 7.81. The molecule has 0 aliphatic heterocycles. The standard InChI is InChI=1S/C16H33N/c1-6-13(2)12-16(5)10-7-8-14(17)9-11-15(16,3)4/h13-14H,6-12,17H2,1-5H3. The molecule has 0 saturated heterocycles. The van der Waals surface area contributed by atoms with E-state index >= 15 is 0 Å². The molecule has 102 valence electrons. The fourth-order valence-corrected chi connectivity index (χ4v) is 3.38. The van der Waals surface area contributed by atoms with E-state index in [-0.39, 0.29) is 0 Å². The summed E-state index contributed by atoms with van der Waals surface area (Å²) in [5.74, 6) is 0.854. The lowest BCUT2D eigenvalue weighted by atomic mass is 9.57. The third kappa shape index (κ3) is 3.71. The van der Waals surface area contributed by atoms with Crippen LogP contribution in [0.5, 0.6) is 0 Å². The highest BCUT2D eigenvalue weighted by Crippen LogP contribution is 2.51. The second kappa shape index (κ2) is 5.73. The average molecular weight is 239 g/mol. The Morgan fingerprint density at radius 3 is 2.41 bits per heavy atom. The van der Waals surface area contributed by atoms with Crippen molar-refractivity contribution in [2.24, 2.45) is 22.5 Å². The predicted molar refractivity (Wildman–Crippen MR) is 77.0 cm³/mol. The summed E-state index contributed by atoms with van der Waals surface area (Å²) in [4.78, 5) is 0. The van der Waals surface area contributed by atoms with Crippen LogP contribution in [0.1, 0.15) is 79.6 Å². The molecule has 0 aromatic heterocycles. The number of hydrogen-bond donors (Lipinski definition) is 1. The molecule has 0 spiro atoms. The van der Waals surface area contributed by atoms with Crippen molar-refractivity contribution in [1.82, 2.24) is 0 Å². The van der Waals surface area contributed by atoms with Crippen LogP contribution >= 0.6 is 0 Å². The maximum Gasteiger partial charge on any atom is 0.00390 e. The summed E-state index contributed by atoms with van der Waals surface area (Å²) in [6.07, 6.45) is 9.10. The molecule has 1 aliphatic carbocycles. The first kappa shape index (κ1) is 15.0. The van der Waals surface area contributed by atoms with Crippen LogP contribution in [0.4, 0.5) is 0 Å². The Kier molecular flexibility index (Phi) is 5.07. The lowest BCUT2D eigenvalue weighted by Crippen LogP contribution is -2.40. The van der Waals surface area contributed by atoms with Gasteiger partial charge >= 0.3 is 0 Å². The molecule has 1 aliphatic rings. The molecule has 1 heteroatoms. The minimum Gasteiger partial charge on any atom is -0.328 e. The van der Waals surface area contributed by atoms with E-state index in [4.69, 9.17) is 5.73 Å². The Bertz CT molecular complexity index is 234. The Morgan fingerprint density at radius 2 is 1.82 bits per heavy atom. The van der Waals surface area contributed by atoms with Crippen LogP contribution in [0.25, 0.3) is 0 Å². The van der Waals surface area contributed by atoms with Gasteiger partial charge in [-0.15, -0.1) is 0 Å². The largest absolute Gasteiger partial charge is 0.328 e. The first-order valence-corrected chi connectivity index (χ1v) is 7.56. The Morgan fingerprint density at radius 1 is 1.18 bits per heavy atom. The van der Waals surface area contributed by atoms with Crippen molar-refractivity contribution in [1.29, 1.82) is 0 Å². The summed E-state index contributed by atoms with van der Waals surface area (Å²) in [7, 11) is 0. The Hall–Kier alpha value is -0.0400. The van der Waals surface area contributed by atoms with E-state index in [2.05, 4.69) is 34.6 Å². The van der Waals surface area contributed by atoms with Crippen LogP contribution < -0.4 is 5.73 Å². The highest BCUT2D eigenvalue weighted by Gasteiger charge is 2.41. The van der Waals surface area contributed by atoms with Crippen molar-refractivity contribution in [3.8, 4) is 0 Å². The maximum atomic E-state index is 6.14. The van der Waals surface area contributed by atoms with E-state index in [0.717, 1.165) is 5.92 Å². The summed E-state index contributed by atoms with van der Waals surface area (Å²) < 4.78 is 0. The molecular formula is C16H33N. The monoisotopic (exact) mass is 239 g/mol. The second-order valence-electron chi connectivity index (χ2n) is 7.35. The van der Waals surface area contributed by atoms with Gasteiger partial charge in [-0.3, -0.25) is 0 Å². The zero-order valence-electron chi connectivity index (χ0n) is 12.7. The van der Waals surface area contributed by atoms with Crippen LogP contribution in [0.3, 0.4) is 0 Å². The lowest BCUT2D eigenvalue weighted by Gasteiger charge is -2.48. The highest BCUT2D eigenvalue weighted by atomic mass is 14.6. The minimum atomic E-state index is 0.439. The van der Waals surface area contributed by atoms with Gasteiger partial charge in [-0.25, -0.2) is 0 Å². The van der Waals surface area contributed by atoms with Crippen molar-refractivity contribution in [2.45, 2.75) is 85.6 Å². The summed E-state index contributed by atoms with van der Waals surface area (Å²) in [6.45, 7) is 12.2. The van der Waals surface area contributed by atoms with Crippen LogP contribution in [0, 0.1) is 16.7 Å². The predicted octanol–water partition coefficient (Wildman–Crippen LogP) is 4.75. The molecule has 0 aromatic carbocycles. The molecule has 3 unspecified atom stereocenters. The number of nitrogens with two attached hydrogens (primary N) is 1. The molecule has 1 fully saturated rings. The number of hydrogen-bond acceptors (Lipinski definition) is 1. The summed E-state index contributed by atoms with van der Waals surface area (Å²) in [5, 5.41) is 0. The zero-order chi connectivity index (χ0) is 13.1. The molecule has 1 saturated carbocycles. The van der Waals surface area contributed by atoms with Crippen LogP contribution in [0.2, 0.25) is 0 Å². The SMILES string of the molecule is CCC(C)CC1(C)CCCC(N)CCC1(C)C. The van der Waals surface area contributed by atoms with Gasteiger partial charge in [0.15, 0.2) is 0 Å². The molecular weight excluding hydrogens is 206 g/mol. The van der Waals surface area contributed by atoms with Crippen molar-refractivity contribution in [2.75, 3.05) is 0 Å². The topological polar surface area (TPSA) is 26.0 Å². The molecule has 1 nitrogen and oxygen atoms in total. The van der Waals surface area contributed by atoms with Crippen LogP contribution in [-0.2, 0) is 0 Å². The summed E-state index contributed by atoms with van der Waals surface area (Å²) >= 11 is 0. The van der Waals surface area contributed by atoms with Gasteiger partial charge in [-0.1, -0.05) is 47.5 Å². The quantitative estimate of drug-likeness (QED) is 0.756. The van der Waals surface area contributed by atoms with E-state index in [1.165, 1.54) is 44.9 Å². The molecule has 0 bridgehead atoms. The van der Waals surface area contributed by atoms with Crippen molar-refractivity contribution in [3.63, 3.8) is 0 Å². The fourth-order valence-electron chi connectivity index (χ4n) is 3.38. The van der Waals surface area contributed by atoms with Gasteiger partial charge in [0.2, 0.25) is 0 Å². The zero-order valence-corrected chi connectivity index (χ0v) is 12.7. The molecule has 0 radical (unpaired) electrons. The molecule has 0 aromatic rings. The molecule has 0 amide bonds. The van der Waals surface area contributed by atoms with E-state index in [9.17, 15) is 0 Å². The highest BCUT2D eigenvalue weighted by molar-refractivity contribution is 4.92. The minimum absolute atomic E-state index is 0.439. The normalized spacial score (nSPS) is 36.0. The smallest absolute Gasteiger partial charge is 0.00390 e. The van der Waals surface area contributed by atoms with Gasteiger partial charge in [0.1, 0.15) is 0 Å². The van der Waals surface area contributed by atoms with Crippen LogP contribution in [0.15, 0.2) is 0 Å². The van der Waals surface area contributed by atoms with Crippen molar-refractivity contribution >= 4 is 0 Å². The molecule has 3 atom stereocenters. The fraction of sp³-hybridized carbons (Fsp3) is 1.00. The maximum absolute atomic E-state index is 6.14. The lowest BCUT2D eigenvalue weighted by molar-refractivity contribution is 0.0268. The third-order valence-electron chi connectivity index (χ3n) is 5.57. The van der Waals surface area contributed by atoms with E-state index in [1.54, 1.807) is 0 Å². The van der Waals surface area contributed by atoms with Gasteiger partial charge in [-0.05, 0) is 48.9 Å². The molecule has 0 heterocycles. The average Bonchev–Trinajstić information content (AvgIpc) is 2.25. The van der Waals surface area contributed by atoms with Gasteiger partial charge in [0, 0.05) is 6.04 Å². The van der Waals surface area contributed by atoms with Gasteiger partial charge in [0.25, 0.3) is 0 Å². The molecule has 1 rings (SSSR count). The number of rotatable bonds is 3. The Labute approximate surface area is 109 Å². The second-order valence-corrected chi connectivity index (χ2v) is 7.35. The first-order valence-electron chi connectivity index (χ1n) is 7.56.